The molecule has 3 heteroatoms. The Kier molecular flexibility index (Phi) is 8.14. The van der Waals surface area contributed by atoms with Gasteiger partial charge in [0.1, 0.15) is 6.10 Å². The van der Waals surface area contributed by atoms with E-state index in [0.29, 0.717) is 12.2 Å². The standard InChI is InChI=1S/C16H34O2Si/c1-8-10-12-14(17)15(13-11-9-2)18-19(6,7)16(3,4)5/h15H,8-13H2,1-7H3. The van der Waals surface area contributed by atoms with Crippen LogP contribution in [-0.4, -0.2) is 20.2 Å². The van der Waals surface area contributed by atoms with Crippen molar-refractivity contribution in [1.82, 2.24) is 0 Å². The van der Waals surface area contributed by atoms with Gasteiger partial charge in [-0.2, -0.15) is 0 Å². The van der Waals surface area contributed by atoms with Crippen LogP contribution in [0.15, 0.2) is 0 Å². The third kappa shape index (κ3) is 6.71. The minimum Gasteiger partial charge on any atom is -0.407 e. The van der Waals surface area contributed by atoms with Gasteiger partial charge in [-0.1, -0.05) is 53.9 Å². The lowest BCUT2D eigenvalue weighted by atomic mass is 10.0. The molecule has 0 aromatic heterocycles. The molecule has 114 valence electrons. The Morgan fingerprint density at radius 2 is 1.63 bits per heavy atom. The van der Waals surface area contributed by atoms with Crippen molar-refractivity contribution in [2.75, 3.05) is 0 Å². The molecule has 0 aromatic carbocycles. The number of rotatable bonds is 9. The van der Waals surface area contributed by atoms with Crippen molar-refractivity contribution in [2.24, 2.45) is 0 Å². The number of carbonyl (C=O) groups excluding carboxylic acids is 1. The molecule has 0 radical (unpaired) electrons. The maximum Gasteiger partial charge on any atom is 0.193 e. The molecule has 2 nitrogen and oxygen atoms in total. The van der Waals surface area contributed by atoms with Crippen LogP contribution in [0.1, 0.15) is 73.1 Å². The summed E-state index contributed by atoms with van der Waals surface area (Å²) in [6.07, 6.45) is 5.68. The third-order valence-corrected chi connectivity index (χ3v) is 8.68. The summed E-state index contributed by atoms with van der Waals surface area (Å²) in [6, 6.07) is 0. The first kappa shape index (κ1) is 18.8. The number of carbonyl (C=O) groups is 1. The van der Waals surface area contributed by atoms with Crippen molar-refractivity contribution in [3.63, 3.8) is 0 Å². The van der Waals surface area contributed by atoms with E-state index in [-0.39, 0.29) is 11.1 Å². The first-order valence-corrected chi connectivity index (χ1v) is 10.8. The second-order valence-corrected chi connectivity index (χ2v) is 11.8. The van der Waals surface area contributed by atoms with Crippen molar-refractivity contribution in [1.29, 1.82) is 0 Å². The summed E-state index contributed by atoms with van der Waals surface area (Å²) in [4.78, 5) is 12.3. The SMILES string of the molecule is CCCCC(=O)C(CCCC)O[Si](C)(C)C(C)(C)C. The highest BCUT2D eigenvalue weighted by Crippen LogP contribution is 2.38. The van der Waals surface area contributed by atoms with Gasteiger partial charge in [0.25, 0.3) is 0 Å². The quantitative estimate of drug-likeness (QED) is 0.536. The minimum absolute atomic E-state index is 0.160. The number of hydrogen-bond acceptors (Lipinski definition) is 2. The molecular weight excluding hydrogens is 252 g/mol. The van der Waals surface area contributed by atoms with Crippen LogP contribution < -0.4 is 0 Å². The molecule has 0 saturated carbocycles. The van der Waals surface area contributed by atoms with Gasteiger partial charge in [0.2, 0.25) is 0 Å². The number of Topliss-reactive ketones (excluding diaryl/α,β-unsaturated/α-hetero) is 1. The summed E-state index contributed by atoms with van der Waals surface area (Å²) in [6.45, 7) is 15.5. The molecule has 1 unspecified atom stereocenters. The van der Waals surface area contributed by atoms with Crippen LogP contribution in [-0.2, 0) is 9.22 Å². The van der Waals surface area contributed by atoms with Crippen molar-refractivity contribution in [3.8, 4) is 0 Å². The highest BCUT2D eigenvalue weighted by atomic mass is 28.4. The molecule has 0 aliphatic rings. The lowest BCUT2D eigenvalue weighted by molar-refractivity contribution is -0.126. The zero-order valence-corrected chi connectivity index (χ0v) is 15.1. The molecule has 0 aromatic rings. The first-order valence-electron chi connectivity index (χ1n) is 7.86. The Bertz CT molecular complexity index is 266. The molecule has 0 spiro atoms. The predicted molar refractivity (Wildman–Crippen MR) is 86.1 cm³/mol. The van der Waals surface area contributed by atoms with Gasteiger partial charge in [-0.25, -0.2) is 0 Å². The monoisotopic (exact) mass is 286 g/mol. The normalized spacial score (nSPS) is 14.5. The van der Waals surface area contributed by atoms with Crippen LogP contribution >= 0.6 is 0 Å². The number of hydrogen-bond donors (Lipinski definition) is 0. The maximum absolute atomic E-state index is 12.3. The van der Waals surface area contributed by atoms with Gasteiger partial charge in [-0.15, -0.1) is 0 Å². The Hall–Kier alpha value is -0.153. The van der Waals surface area contributed by atoms with Crippen LogP contribution in [0, 0.1) is 0 Å². The van der Waals surface area contributed by atoms with E-state index >= 15 is 0 Å². The van der Waals surface area contributed by atoms with E-state index < -0.39 is 8.32 Å². The van der Waals surface area contributed by atoms with E-state index in [1.807, 2.05) is 0 Å². The Morgan fingerprint density at radius 1 is 1.11 bits per heavy atom. The Balaban J connectivity index is 4.71. The molecular formula is C16H34O2Si. The smallest absolute Gasteiger partial charge is 0.193 e. The topological polar surface area (TPSA) is 26.3 Å². The molecule has 0 N–H and O–H groups in total. The Labute approximate surface area is 121 Å². The second kappa shape index (κ2) is 8.20. The summed E-state index contributed by atoms with van der Waals surface area (Å²) in [5, 5.41) is 0.169. The van der Waals surface area contributed by atoms with Crippen LogP contribution in [0.4, 0.5) is 0 Å². The van der Waals surface area contributed by atoms with E-state index in [2.05, 4.69) is 47.7 Å². The molecule has 0 rings (SSSR count). The highest BCUT2D eigenvalue weighted by molar-refractivity contribution is 6.74. The molecule has 0 fully saturated rings. The fourth-order valence-electron chi connectivity index (χ4n) is 1.72. The van der Waals surface area contributed by atoms with E-state index in [1.54, 1.807) is 0 Å². The van der Waals surface area contributed by atoms with Gasteiger partial charge in [-0.3, -0.25) is 4.79 Å². The first-order chi connectivity index (χ1) is 8.65. The van der Waals surface area contributed by atoms with Crippen molar-refractivity contribution in [2.45, 2.75) is 97.4 Å². The van der Waals surface area contributed by atoms with Crippen LogP contribution in [0.5, 0.6) is 0 Å². The average Bonchev–Trinajstić information content (AvgIpc) is 2.29. The lowest BCUT2D eigenvalue weighted by Crippen LogP contribution is -2.46. The number of unbranched alkanes of at least 4 members (excludes halogenated alkanes) is 2. The van der Waals surface area contributed by atoms with Crippen molar-refractivity contribution in [3.05, 3.63) is 0 Å². The average molecular weight is 287 g/mol. The van der Waals surface area contributed by atoms with Crippen LogP contribution in [0.25, 0.3) is 0 Å². The fourth-order valence-corrected chi connectivity index (χ4v) is 3.03. The van der Waals surface area contributed by atoms with E-state index in [4.69, 9.17) is 4.43 Å². The number of ketones is 1. The molecule has 1 atom stereocenters. The van der Waals surface area contributed by atoms with Gasteiger partial charge in [0.05, 0.1) is 0 Å². The molecule has 0 bridgehead atoms. The lowest BCUT2D eigenvalue weighted by Gasteiger charge is -2.39. The highest BCUT2D eigenvalue weighted by Gasteiger charge is 2.40. The van der Waals surface area contributed by atoms with Gasteiger partial charge >= 0.3 is 0 Å². The van der Waals surface area contributed by atoms with Crippen molar-refractivity contribution >= 4 is 14.1 Å². The zero-order valence-electron chi connectivity index (χ0n) is 14.1. The van der Waals surface area contributed by atoms with Gasteiger partial charge in [0, 0.05) is 6.42 Å². The van der Waals surface area contributed by atoms with E-state index in [9.17, 15) is 4.79 Å². The van der Waals surface area contributed by atoms with Gasteiger partial charge in [-0.05, 0) is 31.0 Å². The van der Waals surface area contributed by atoms with Crippen LogP contribution in [0.2, 0.25) is 18.1 Å². The molecule has 0 heterocycles. The maximum atomic E-state index is 12.3. The summed E-state index contributed by atoms with van der Waals surface area (Å²) < 4.78 is 6.35. The minimum atomic E-state index is -1.84. The largest absolute Gasteiger partial charge is 0.407 e. The van der Waals surface area contributed by atoms with Crippen LogP contribution in [0.3, 0.4) is 0 Å². The van der Waals surface area contributed by atoms with E-state index in [0.717, 1.165) is 32.1 Å². The summed E-state index contributed by atoms with van der Waals surface area (Å²) >= 11 is 0. The summed E-state index contributed by atoms with van der Waals surface area (Å²) in [7, 11) is -1.84. The molecule has 19 heavy (non-hydrogen) atoms. The predicted octanol–water partition coefficient (Wildman–Crippen LogP) is 5.33. The Morgan fingerprint density at radius 3 is 2.05 bits per heavy atom. The van der Waals surface area contributed by atoms with E-state index in [1.165, 1.54) is 0 Å². The summed E-state index contributed by atoms with van der Waals surface area (Å²) in [5.74, 6) is 0.320. The molecule has 0 aliphatic carbocycles. The van der Waals surface area contributed by atoms with Gasteiger partial charge in [0.15, 0.2) is 14.1 Å². The molecule has 0 saturated heterocycles. The second-order valence-electron chi connectivity index (χ2n) is 7.08. The molecule has 0 amide bonds. The molecule has 0 aliphatic heterocycles. The van der Waals surface area contributed by atoms with Crippen molar-refractivity contribution < 1.29 is 9.22 Å². The third-order valence-electron chi connectivity index (χ3n) is 4.20. The van der Waals surface area contributed by atoms with Gasteiger partial charge < -0.3 is 4.43 Å². The zero-order chi connectivity index (χ0) is 15.1. The fraction of sp³-hybridized carbons (Fsp3) is 0.938. The summed E-state index contributed by atoms with van der Waals surface area (Å²) in [5.41, 5.74) is 0.